The van der Waals surface area contributed by atoms with Gasteiger partial charge in [0.05, 0.1) is 6.92 Å². The molecule has 1 rings (SSSR count). The minimum Gasteiger partial charge on any atom is -0.353 e. The van der Waals surface area contributed by atoms with Crippen LogP contribution in [0.3, 0.4) is 0 Å². The first-order valence-corrected chi connectivity index (χ1v) is 3.35. The van der Waals surface area contributed by atoms with E-state index in [-0.39, 0.29) is 5.91 Å². The average Bonchev–Trinajstić information content (AvgIpc) is 2.15. The first kappa shape index (κ1) is 6.59. The third-order valence-electron chi connectivity index (χ3n) is 1.70. The van der Waals surface area contributed by atoms with Crippen LogP contribution in [0.15, 0.2) is 0 Å². The van der Waals surface area contributed by atoms with Gasteiger partial charge in [-0.2, -0.15) is 0 Å². The Morgan fingerprint density at radius 1 is 1.44 bits per heavy atom. The lowest BCUT2D eigenvalue weighted by molar-refractivity contribution is -0.117. The summed E-state index contributed by atoms with van der Waals surface area (Å²) in [4.78, 5) is 10.3. The lowest BCUT2D eigenvalue weighted by atomic mass is 10.2. The smallest absolute Gasteiger partial charge is 0.224 e. The van der Waals surface area contributed by atoms with Crippen molar-refractivity contribution in [1.82, 2.24) is 5.32 Å². The summed E-state index contributed by atoms with van der Waals surface area (Å²) in [7, 11) is 0. The number of amides is 1. The van der Waals surface area contributed by atoms with Gasteiger partial charge in [-0.15, -0.1) is 0 Å². The zero-order valence-electron chi connectivity index (χ0n) is 5.39. The van der Waals surface area contributed by atoms with E-state index in [1.165, 1.54) is 12.8 Å². The van der Waals surface area contributed by atoms with Crippen LogP contribution in [-0.4, -0.2) is 11.9 Å². The van der Waals surface area contributed by atoms with Gasteiger partial charge in [-0.3, -0.25) is 4.79 Å². The van der Waals surface area contributed by atoms with Crippen LogP contribution in [0, 0.1) is 6.92 Å². The van der Waals surface area contributed by atoms with Crippen molar-refractivity contribution in [3.8, 4) is 0 Å². The number of carbonyl (C=O) groups excluding carboxylic acids is 1. The summed E-state index contributed by atoms with van der Waals surface area (Å²) in [6.07, 6.45) is 4.65. The van der Waals surface area contributed by atoms with Crippen molar-refractivity contribution >= 4 is 5.91 Å². The molecule has 0 aromatic carbocycles. The molecule has 0 heterocycles. The second kappa shape index (κ2) is 2.85. The Hall–Kier alpha value is -0.530. The van der Waals surface area contributed by atoms with Gasteiger partial charge in [0.2, 0.25) is 5.91 Å². The Morgan fingerprint density at radius 3 is 2.44 bits per heavy atom. The highest BCUT2D eigenvalue weighted by Crippen LogP contribution is 2.17. The molecule has 9 heavy (non-hydrogen) atoms. The maximum atomic E-state index is 10.3. The minimum atomic E-state index is -0.387. The number of rotatable bonds is 1. The molecule has 0 aliphatic heterocycles. The number of hydrogen-bond donors (Lipinski definition) is 1. The standard InChI is InChI=1S/C7H11NO/c1-6(9)8-7-4-2-3-5-7/h1,7H,2-5H2,(H,8,9). The maximum Gasteiger partial charge on any atom is 0.224 e. The average molecular weight is 125 g/mol. The van der Waals surface area contributed by atoms with Crippen molar-refractivity contribution < 1.29 is 4.79 Å². The van der Waals surface area contributed by atoms with Crippen LogP contribution in [0.25, 0.3) is 0 Å². The molecule has 1 fully saturated rings. The van der Waals surface area contributed by atoms with Crippen LogP contribution in [0.5, 0.6) is 0 Å². The zero-order chi connectivity index (χ0) is 6.69. The van der Waals surface area contributed by atoms with Crippen molar-refractivity contribution in [2.45, 2.75) is 31.7 Å². The molecule has 0 unspecified atom stereocenters. The highest BCUT2D eigenvalue weighted by Gasteiger charge is 2.14. The molecule has 2 nitrogen and oxygen atoms in total. The van der Waals surface area contributed by atoms with Gasteiger partial charge in [0, 0.05) is 6.04 Å². The lowest BCUT2D eigenvalue weighted by Gasteiger charge is -2.07. The molecule has 1 aliphatic carbocycles. The molecule has 0 aromatic rings. The molecule has 0 saturated heterocycles. The summed E-state index contributed by atoms with van der Waals surface area (Å²) in [5, 5.41) is 2.68. The van der Waals surface area contributed by atoms with Crippen molar-refractivity contribution in [3.63, 3.8) is 0 Å². The van der Waals surface area contributed by atoms with Gasteiger partial charge in [0.15, 0.2) is 0 Å². The Labute approximate surface area is 55.6 Å². The second-order valence-electron chi connectivity index (χ2n) is 2.49. The van der Waals surface area contributed by atoms with Gasteiger partial charge >= 0.3 is 0 Å². The lowest BCUT2D eigenvalue weighted by Crippen LogP contribution is -2.30. The van der Waals surface area contributed by atoms with E-state index in [1.807, 2.05) is 0 Å². The molecule has 0 spiro atoms. The maximum absolute atomic E-state index is 10.3. The van der Waals surface area contributed by atoms with Crippen LogP contribution in [0.4, 0.5) is 0 Å². The Bertz CT molecular complexity index is 105. The first-order chi connectivity index (χ1) is 4.29. The third-order valence-corrected chi connectivity index (χ3v) is 1.70. The molecule has 0 atom stereocenters. The van der Waals surface area contributed by atoms with Crippen molar-refractivity contribution in [3.05, 3.63) is 6.92 Å². The first-order valence-electron chi connectivity index (χ1n) is 3.35. The fourth-order valence-electron chi connectivity index (χ4n) is 1.27. The van der Waals surface area contributed by atoms with E-state index in [9.17, 15) is 4.79 Å². The van der Waals surface area contributed by atoms with E-state index < -0.39 is 0 Å². The molecule has 1 amide bonds. The highest BCUT2D eigenvalue weighted by molar-refractivity contribution is 5.80. The molecule has 1 saturated carbocycles. The van der Waals surface area contributed by atoms with Gasteiger partial charge in [-0.05, 0) is 12.8 Å². The summed E-state index contributed by atoms with van der Waals surface area (Å²) >= 11 is 0. The normalized spacial score (nSPS) is 20.1. The molecular weight excluding hydrogens is 114 g/mol. The third kappa shape index (κ3) is 2.04. The van der Waals surface area contributed by atoms with Gasteiger partial charge < -0.3 is 5.32 Å². The van der Waals surface area contributed by atoms with Gasteiger partial charge in [0.25, 0.3) is 0 Å². The fraction of sp³-hybridized carbons (Fsp3) is 0.714. The van der Waals surface area contributed by atoms with Gasteiger partial charge in [-0.25, -0.2) is 0 Å². The second-order valence-corrected chi connectivity index (χ2v) is 2.49. The SMILES string of the molecule is [CH]C(=O)NC1CCCC1. The number of hydrogen-bond acceptors (Lipinski definition) is 1. The summed E-state index contributed by atoms with van der Waals surface area (Å²) in [6, 6.07) is 0.363. The molecule has 0 aromatic heterocycles. The van der Waals surface area contributed by atoms with Crippen LogP contribution in [0.1, 0.15) is 25.7 Å². The summed E-state index contributed by atoms with van der Waals surface area (Å²) in [6.45, 7) is 4.92. The van der Waals surface area contributed by atoms with E-state index >= 15 is 0 Å². The van der Waals surface area contributed by atoms with Crippen molar-refractivity contribution in [2.75, 3.05) is 0 Å². The summed E-state index contributed by atoms with van der Waals surface area (Å²) < 4.78 is 0. The van der Waals surface area contributed by atoms with Crippen molar-refractivity contribution in [2.24, 2.45) is 0 Å². The summed E-state index contributed by atoms with van der Waals surface area (Å²) in [5.41, 5.74) is 0. The fourth-order valence-corrected chi connectivity index (χ4v) is 1.27. The minimum absolute atomic E-state index is 0.363. The molecule has 1 aliphatic rings. The molecule has 0 bridgehead atoms. The van der Waals surface area contributed by atoms with Crippen LogP contribution >= 0.6 is 0 Å². The van der Waals surface area contributed by atoms with Gasteiger partial charge in [0.1, 0.15) is 0 Å². The van der Waals surface area contributed by atoms with Crippen LogP contribution in [-0.2, 0) is 4.79 Å². The molecule has 2 heteroatoms. The zero-order valence-corrected chi connectivity index (χ0v) is 5.39. The molecular formula is C7H11NO. The molecule has 1 N–H and O–H groups in total. The Kier molecular flexibility index (Phi) is 2.09. The largest absolute Gasteiger partial charge is 0.353 e. The van der Waals surface area contributed by atoms with Gasteiger partial charge in [-0.1, -0.05) is 12.8 Å². The van der Waals surface area contributed by atoms with E-state index in [2.05, 4.69) is 5.32 Å². The van der Waals surface area contributed by atoms with E-state index in [4.69, 9.17) is 6.92 Å². The van der Waals surface area contributed by atoms with E-state index in [0.29, 0.717) is 6.04 Å². The van der Waals surface area contributed by atoms with Crippen molar-refractivity contribution in [1.29, 1.82) is 0 Å². The monoisotopic (exact) mass is 125 g/mol. The number of carbonyl (C=O) groups is 1. The number of nitrogens with one attached hydrogen (secondary N) is 1. The predicted molar refractivity (Wildman–Crippen MR) is 34.7 cm³/mol. The Morgan fingerprint density at radius 2 is 2.00 bits per heavy atom. The highest BCUT2D eigenvalue weighted by atomic mass is 16.1. The molecule has 50 valence electrons. The molecule has 2 radical (unpaired) electrons. The topological polar surface area (TPSA) is 29.1 Å². The van der Waals surface area contributed by atoms with E-state index in [0.717, 1.165) is 12.8 Å². The van der Waals surface area contributed by atoms with Crippen LogP contribution in [0.2, 0.25) is 0 Å². The predicted octanol–water partition coefficient (Wildman–Crippen LogP) is 0.756. The van der Waals surface area contributed by atoms with E-state index in [1.54, 1.807) is 0 Å². The summed E-state index contributed by atoms with van der Waals surface area (Å²) in [5.74, 6) is -0.387. The quantitative estimate of drug-likeness (QED) is 0.550. The van der Waals surface area contributed by atoms with Crippen LogP contribution < -0.4 is 5.32 Å². The Balaban J connectivity index is 2.19.